The number of carbonyl (C=O) groups is 1. The Bertz CT molecular complexity index is 1230. The molecular weight excluding hydrogens is 398 g/mol. The summed E-state index contributed by atoms with van der Waals surface area (Å²) >= 11 is 0. The highest BCUT2D eigenvalue weighted by atomic mass is 16.2. The van der Waals surface area contributed by atoms with Gasteiger partial charge in [-0.1, -0.05) is 60.7 Å². The van der Waals surface area contributed by atoms with Crippen LogP contribution in [0, 0.1) is 0 Å². The van der Waals surface area contributed by atoms with Crippen LogP contribution in [0.5, 0.6) is 0 Å². The molecule has 1 amide bonds. The number of anilines is 2. The van der Waals surface area contributed by atoms with Gasteiger partial charge in [0.05, 0.1) is 6.54 Å². The summed E-state index contributed by atoms with van der Waals surface area (Å²) < 4.78 is 1.54. The minimum atomic E-state index is -0.421. The molecule has 0 aliphatic carbocycles. The first-order chi connectivity index (χ1) is 15.6. The molecule has 3 aromatic carbocycles. The molecule has 0 radical (unpaired) electrons. The zero-order chi connectivity index (χ0) is 22.3. The predicted octanol–water partition coefficient (Wildman–Crippen LogP) is 5.32. The van der Waals surface area contributed by atoms with E-state index in [0.717, 1.165) is 11.3 Å². The van der Waals surface area contributed by atoms with Gasteiger partial charge in [-0.25, -0.2) is 0 Å². The number of nitrogens with zero attached hydrogens (tertiary/aromatic N) is 1. The van der Waals surface area contributed by atoms with E-state index >= 15 is 0 Å². The molecule has 2 N–H and O–H groups in total. The Hall–Kier alpha value is -4.12. The summed E-state index contributed by atoms with van der Waals surface area (Å²) in [6, 6.07) is 30.8. The molecule has 5 heteroatoms. The maximum absolute atomic E-state index is 12.8. The summed E-state index contributed by atoms with van der Waals surface area (Å²) in [4.78, 5) is 25.6. The number of benzene rings is 3. The van der Waals surface area contributed by atoms with E-state index in [1.165, 1.54) is 5.56 Å². The van der Waals surface area contributed by atoms with E-state index < -0.39 is 5.91 Å². The fourth-order valence-electron chi connectivity index (χ4n) is 3.54. The molecule has 0 spiro atoms. The van der Waals surface area contributed by atoms with Gasteiger partial charge < -0.3 is 15.2 Å². The second-order valence-corrected chi connectivity index (χ2v) is 7.65. The topological polar surface area (TPSA) is 63.1 Å². The van der Waals surface area contributed by atoms with Crippen molar-refractivity contribution < 1.29 is 4.79 Å². The van der Waals surface area contributed by atoms with Crippen LogP contribution in [-0.2, 0) is 6.54 Å². The Labute approximate surface area is 187 Å². The first-order valence-corrected chi connectivity index (χ1v) is 10.6. The van der Waals surface area contributed by atoms with E-state index in [1.54, 1.807) is 22.9 Å². The number of pyridine rings is 1. The maximum Gasteiger partial charge on any atom is 0.263 e. The summed E-state index contributed by atoms with van der Waals surface area (Å²) in [6.45, 7) is 2.52. The highest BCUT2D eigenvalue weighted by Gasteiger charge is 2.13. The predicted molar refractivity (Wildman–Crippen MR) is 129 cm³/mol. The lowest BCUT2D eigenvalue weighted by atomic mass is 10.1. The Morgan fingerprint density at radius 2 is 1.44 bits per heavy atom. The van der Waals surface area contributed by atoms with E-state index in [4.69, 9.17) is 0 Å². The van der Waals surface area contributed by atoms with Gasteiger partial charge in [0.15, 0.2) is 0 Å². The highest BCUT2D eigenvalue weighted by molar-refractivity contribution is 6.04. The third kappa shape index (κ3) is 5.13. The van der Waals surface area contributed by atoms with Crippen LogP contribution >= 0.6 is 0 Å². The molecule has 1 aromatic heterocycles. The molecular formula is C27H25N3O2. The maximum atomic E-state index is 12.8. The highest BCUT2D eigenvalue weighted by Crippen LogP contribution is 2.21. The fourth-order valence-corrected chi connectivity index (χ4v) is 3.54. The number of hydrogen-bond acceptors (Lipinski definition) is 3. The van der Waals surface area contributed by atoms with Gasteiger partial charge in [-0.3, -0.25) is 9.59 Å². The Morgan fingerprint density at radius 3 is 2.12 bits per heavy atom. The lowest BCUT2D eigenvalue weighted by molar-refractivity contribution is 0.102. The Morgan fingerprint density at radius 1 is 0.812 bits per heavy atom. The van der Waals surface area contributed by atoms with Crippen molar-refractivity contribution in [3.8, 4) is 0 Å². The van der Waals surface area contributed by atoms with Crippen molar-refractivity contribution in [2.75, 3.05) is 10.6 Å². The van der Waals surface area contributed by atoms with Crippen molar-refractivity contribution in [1.82, 2.24) is 4.57 Å². The van der Waals surface area contributed by atoms with Crippen LogP contribution in [0.4, 0.5) is 11.4 Å². The van der Waals surface area contributed by atoms with Gasteiger partial charge in [0.25, 0.3) is 11.5 Å². The van der Waals surface area contributed by atoms with Gasteiger partial charge >= 0.3 is 0 Å². The van der Waals surface area contributed by atoms with Crippen molar-refractivity contribution in [2.24, 2.45) is 0 Å². The van der Waals surface area contributed by atoms with Gasteiger partial charge in [0, 0.05) is 23.6 Å². The molecule has 0 bridgehead atoms. The fraction of sp³-hybridized carbons (Fsp3) is 0.111. The molecule has 0 aliphatic rings. The van der Waals surface area contributed by atoms with Crippen molar-refractivity contribution in [2.45, 2.75) is 19.5 Å². The van der Waals surface area contributed by atoms with Gasteiger partial charge in [-0.05, 0) is 54.4 Å². The molecule has 0 fully saturated rings. The molecule has 1 atom stereocenters. The first kappa shape index (κ1) is 21.1. The number of nitrogens with one attached hydrogen (secondary N) is 2. The summed E-state index contributed by atoms with van der Waals surface area (Å²) in [5.74, 6) is -0.421. The summed E-state index contributed by atoms with van der Waals surface area (Å²) in [5.41, 5.74) is 3.57. The van der Waals surface area contributed by atoms with Crippen LogP contribution in [0.15, 0.2) is 108 Å². The number of aromatic nitrogens is 1. The monoisotopic (exact) mass is 423 g/mol. The van der Waals surface area contributed by atoms with E-state index in [2.05, 4.69) is 29.7 Å². The first-order valence-electron chi connectivity index (χ1n) is 10.6. The average molecular weight is 424 g/mol. The van der Waals surface area contributed by atoms with E-state index in [-0.39, 0.29) is 17.2 Å². The molecule has 0 saturated heterocycles. The molecule has 4 aromatic rings. The van der Waals surface area contributed by atoms with Crippen molar-refractivity contribution >= 4 is 17.3 Å². The molecule has 1 heterocycles. The third-order valence-corrected chi connectivity index (χ3v) is 5.29. The Kier molecular flexibility index (Phi) is 6.46. The van der Waals surface area contributed by atoms with Crippen molar-refractivity contribution in [3.63, 3.8) is 0 Å². The normalized spacial score (nSPS) is 11.5. The molecule has 0 saturated carbocycles. The largest absolute Gasteiger partial charge is 0.379 e. The van der Waals surface area contributed by atoms with Crippen LogP contribution in [0.1, 0.15) is 34.5 Å². The lowest BCUT2D eigenvalue weighted by Gasteiger charge is -2.16. The molecule has 0 aliphatic heterocycles. The van der Waals surface area contributed by atoms with E-state index in [0.29, 0.717) is 12.2 Å². The minimum Gasteiger partial charge on any atom is -0.379 e. The number of rotatable bonds is 7. The molecule has 4 rings (SSSR count). The van der Waals surface area contributed by atoms with Crippen molar-refractivity contribution in [3.05, 3.63) is 130 Å². The quantitative estimate of drug-likeness (QED) is 0.423. The second kappa shape index (κ2) is 9.79. The van der Waals surface area contributed by atoms with E-state index in [1.807, 2.05) is 72.8 Å². The van der Waals surface area contributed by atoms with Crippen LogP contribution in [-0.4, -0.2) is 10.5 Å². The standard InChI is InChI=1S/C27H25N3O2/c1-20(22-11-6-3-7-12-22)28-23-14-16-24(17-15-23)29-26(31)25-13-8-18-30(27(25)32)19-21-9-4-2-5-10-21/h2-18,20,28H,19H2,1H3,(H,29,31). The summed E-state index contributed by atoms with van der Waals surface area (Å²) in [5, 5.41) is 6.27. The van der Waals surface area contributed by atoms with Gasteiger partial charge in [-0.2, -0.15) is 0 Å². The molecule has 5 nitrogen and oxygen atoms in total. The molecule has 32 heavy (non-hydrogen) atoms. The summed E-state index contributed by atoms with van der Waals surface area (Å²) in [6.07, 6.45) is 1.69. The van der Waals surface area contributed by atoms with Crippen LogP contribution < -0.4 is 16.2 Å². The van der Waals surface area contributed by atoms with Crippen molar-refractivity contribution in [1.29, 1.82) is 0 Å². The second-order valence-electron chi connectivity index (χ2n) is 7.65. The van der Waals surface area contributed by atoms with Gasteiger partial charge in [0.1, 0.15) is 5.56 Å². The number of carbonyl (C=O) groups excluding carboxylic acids is 1. The smallest absolute Gasteiger partial charge is 0.263 e. The van der Waals surface area contributed by atoms with Crippen LogP contribution in [0.3, 0.4) is 0 Å². The Balaban J connectivity index is 1.43. The van der Waals surface area contributed by atoms with Crippen LogP contribution in [0.2, 0.25) is 0 Å². The van der Waals surface area contributed by atoms with Crippen LogP contribution in [0.25, 0.3) is 0 Å². The number of hydrogen-bond donors (Lipinski definition) is 2. The minimum absolute atomic E-state index is 0.114. The lowest BCUT2D eigenvalue weighted by Crippen LogP contribution is -2.29. The zero-order valence-corrected chi connectivity index (χ0v) is 17.9. The van der Waals surface area contributed by atoms with E-state index in [9.17, 15) is 9.59 Å². The number of amides is 1. The third-order valence-electron chi connectivity index (χ3n) is 5.29. The van der Waals surface area contributed by atoms with Gasteiger partial charge in [-0.15, -0.1) is 0 Å². The molecule has 1 unspecified atom stereocenters. The SMILES string of the molecule is CC(Nc1ccc(NC(=O)c2cccn(Cc3ccccc3)c2=O)cc1)c1ccccc1. The van der Waals surface area contributed by atoms with Gasteiger partial charge in [0.2, 0.25) is 0 Å². The zero-order valence-electron chi connectivity index (χ0n) is 17.9. The molecule has 160 valence electrons. The average Bonchev–Trinajstić information content (AvgIpc) is 2.83. The summed E-state index contributed by atoms with van der Waals surface area (Å²) in [7, 11) is 0.